The fourth-order valence-electron chi connectivity index (χ4n) is 2.95. The zero-order chi connectivity index (χ0) is 22.1. The highest BCUT2D eigenvalue weighted by Crippen LogP contribution is 2.11. The fourth-order valence-corrected chi connectivity index (χ4v) is 2.95. The van der Waals surface area contributed by atoms with Gasteiger partial charge in [0.25, 0.3) is 5.56 Å². The third kappa shape index (κ3) is 7.26. The first kappa shape index (κ1) is 22.6. The summed E-state index contributed by atoms with van der Waals surface area (Å²) in [6.07, 6.45) is 3.64. The van der Waals surface area contributed by atoms with Gasteiger partial charge in [-0.25, -0.2) is 4.39 Å². The monoisotopic (exact) mass is 424 g/mol. The van der Waals surface area contributed by atoms with Crippen molar-refractivity contribution in [2.45, 2.75) is 45.9 Å². The summed E-state index contributed by atoms with van der Waals surface area (Å²) in [5.74, 6) is 0.140. The predicted octanol–water partition coefficient (Wildman–Crippen LogP) is 4.13. The van der Waals surface area contributed by atoms with E-state index >= 15 is 0 Å². The van der Waals surface area contributed by atoms with Gasteiger partial charge in [-0.1, -0.05) is 43.3 Å². The first-order valence-electron chi connectivity index (χ1n) is 10.6. The minimum absolute atomic E-state index is 0.254. The molecule has 1 unspecified atom stereocenters. The van der Waals surface area contributed by atoms with Crippen molar-refractivity contribution in [1.82, 2.24) is 10.0 Å². The molecule has 1 atom stereocenters. The molecule has 0 radical (unpaired) electrons. The van der Waals surface area contributed by atoms with Crippen molar-refractivity contribution < 1.29 is 14.0 Å². The summed E-state index contributed by atoms with van der Waals surface area (Å²) in [5, 5.41) is 3.49. The molecule has 0 aliphatic rings. The van der Waals surface area contributed by atoms with Crippen molar-refractivity contribution >= 4 is 0 Å². The minimum atomic E-state index is -0.315. The van der Waals surface area contributed by atoms with Crippen LogP contribution in [0.4, 0.5) is 4.39 Å². The van der Waals surface area contributed by atoms with Gasteiger partial charge in [0, 0.05) is 18.2 Å². The highest BCUT2D eigenvalue weighted by molar-refractivity contribution is 5.23. The smallest absolute Gasteiger partial charge is 0.286 e. The molecule has 0 saturated carbocycles. The number of halogens is 1. The van der Waals surface area contributed by atoms with Gasteiger partial charge in [0.2, 0.25) is 0 Å². The maximum absolute atomic E-state index is 12.9. The number of nitrogens with one attached hydrogen (secondary N) is 1. The molecule has 5 nitrogen and oxygen atoms in total. The SMILES string of the molecule is CCC(C)NCCc1ccc(COn2ccc(OCc3ccc(F)cc3)cc2=O)cc1. The van der Waals surface area contributed by atoms with E-state index in [0.29, 0.717) is 18.4 Å². The Bertz CT molecular complexity index is 1000. The van der Waals surface area contributed by atoms with E-state index in [2.05, 4.69) is 31.3 Å². The molecular weight excluding hydrogens is 395 g/mol. The van der Waals surface area contributed by atoms with E-state index in [1.54, 1.807) is 18.2 Å². The number of aromatic nitrogens is 1. The summed E-state index contributed by atoms with van der Waals surface area (Å²) in [7, 11) is 0. The first-order valence-corrected chi connectivity index (χ1v) is 10.6. The number of nitrogens with zero attached hydrogens (tertiary/aromatic N) is 1. The van der Waals surface area contributed by atoms with Crippen molar-refractivity contribution in [3.05, 3.63) is 99.7 Å². The Morgan fingerprint density at radius 2 is 1.61 bits per heavy atom. The van der Waals surface area contributed by atoms with E-state index in [4.69, 9.17) is 9.57 Å². The maximum atomic E-state index is 12.9. The molecule has 0 bridgehead atoms. The summed E-state index contributed by atoms with van der Waals surface area (Å²) < 4.78 is 19.7. The topological polar surface area (TPSA) is 52.5 Å². The van der Waals surface area contributed by atoms with Crippen LogP contribution in [0.15, 0.2) is 71.7 Å². The van der Waals surface area contributed by atoms with Gasteiger partial charge in [0.05, 0.1) is 6.20 Å². The van der Waals surface area contributed by atoms with E-state index in [-0.39, 0.29) is 18.0 Å². The van der Waals surface area contributed by atoms with Crippen LogP contribution in [0.1, 0.15) is 37.0 Å². The Balaban J connectivity index is 1.47. The molecule has 0 spiro atoms. The number of benzene rings is 2. The second kappa shape index (κ2) is 11.3. The number of rotatable bonds is 11. The second-order valence-electron chi connectivity index (χ2n) is 7.54. The summed E-state index contributed by atoms with van der Waals surface area (Å²) in [6, 6.07) is 17.8. The zero-order valence-electron chi connectivity index (χ0n) is 18.0. The van der Waals surface area contributed by atoms with E-state index in [9.17, 15) is 9.18 Å². The molecular formula is C25H29FN2O3. The van der Waals surface area contributed by atoms with Crippen molar-refractivity contribution in [2.24, 2.45) is 0 Å². The first-order chi connectivity index (χ1) is 15.0. The summed E-state index contributed by atoms with van der Waals surface area (Å²) >= 11 is 0. The molecule has 2 aromatic carbocycles. The van der Waals surface area contributed by atoms with Gasteiger partial charge in [-0.05, 0) is 55.1 Å². The summed E-state index contributed by atoms with van der Waals surface area (Å²) in [5.41, 5.74) is 2.76. The molecule has 3 rings (SSSR count). The Kier molecular flexibility index (Phi) is 8.24. The Labute approximate surface area is 182 Å². The average molecular weight is 425 g/mol. The zero-order valence-corrected chi connectivity index (χ0v) is 18.0. The molecule has 1 heterocycles. The normalized spacial score (nSPS) is 11.8. The molecule has 0 amide bonds. The molecule has 164 valence electrons. The molecule has 1 aromatic heterocycles. The van der Waals surface area contributed by atoms with Gasteiger partial charge in [0.15, 0.2) is 0 Å². The largest absolute Gasteiger partial charge is 0.489 e. The lowest BCUT2D eigenvalue weighted by Crippen LogP contribution is -2.27. The summed E-state index contributed by atoms with van der Waals surface area (Å²) in [4.78, 5) is 17.9. The molecule has 3 aromatic rings. The Morgan fingerprint density at radius 3 is 2.29 bits per heavy atom. The molecule has 6 heteroatoms. The van der Waals surface area contributed by atoms with Crippen LogP contribution in [0.25, 0.3) is 0 Å². The van der Waals surface area contributed by atoms with Crippen LogP contribution in [-0.4, -0.2) is 17.3 Å². The van der Waals surface area contributed by atoms with Gasteiger partial charge in [0.1, 0.15) is 24.8 Å². The van der Waals surface area contributed by atoms with Gasteiger partial charge in [-0.3, -0.25) is 4.79 Å². The van der Waals surface area contributed by atoms with Crippen LogP contribution < -0.4 is 20.5 Å². The van der Waals surface area contributed by atoms with Crippen molar-refractivity contribution in [1.29, 1.82) is 0 Å². The van der Waals surface area contributed by atoms with Crippen LogP contribution in [-0.2, 0) is 19.6 Å². The second-order valence-corrected chi connectivity index (χ2v) is 7.54. The molecule has 31 heavy (non-hydrogen) atoms. The lowest BCUT2D eigenvalue weighted by molar-refractivity contribution is 0.0884. The van der Waals surface area contributed by atoms with Crippen LogP contribution in [0, 0.1) is 5.82 Å². The third-order valence-electron chi connectivity index (χ3n) is 5.09. The van der Waals surface area contributed by atoms with Crippen molar-refractivity contribution in [3.8, 4) is 5.75 Å². The van der Waals surface area contributed by atoms with Crippen LogP contribution >= 0.6 is 0 Å². The molecule has 1 N–H and O–H groups in total. The number of ether oxygens (including phenoxy) is 1. The van der Waals surface area contributed by atoms with Crippen LogP contribution in [0.2, 0.25) is 0 Å². The van der Waals surface area contributed by atoms with Gasteiger partial charge in [-0.2, -0.15) is 4.73 Å². The highest BCUT2D eigenvalue weighted by Gasteiger charge is 2.03. The van der Waals surface area contributed by atoms with Crippen molar-refractivity contribution in [2.75, 3.05) is 6.54 Å². The quantitative estimate of drug-likeness (QED) is 0.503. The molecule has 0 saturated heterocycles. The predicted molar refractivity (Wildman–Crippen MR) is 120 cm³/mol. The van der Waals surface area contributed by atoms with Crippen molar-refractivity contribution in [3.63, 3.8) is 0 Å². The number of hydrogen-bond acceptors (Lipinski definition) is 4. The molecule has 0 aliphatic carbocycles. The fraction of sp³-hybridized carbons (Fsp3) is 0.320. The van der Waals surface area contributed by atoms with E-state index < -0.39 is 0 Å². The standard InChI is InChI=1S/C25H29FN2O3/c1-3-19(2)27-14-12-20-4-6-22(7-5-20)18-31-28-15-13-24(16-25(28)29)30-17-21-8-10-23(26)11-9-21/h4-11,13,15-16,19,27H,3,12,14,17-18H2,1-2H3. The molecule has 0 fully saturated rings. The minimum Gasteiger partial charge on any atom is -0.489 e. The van der Waals surface area contributed by atoms with E-state index in [1.165, 1.54) is 34.7 Å². The lowest BCUT2D eigenvalue weighted by Gasteiger charge is -2.12. The summed E-state index contributed by atoms with van der Waals surface area (Å²) in [6.45, 7) is 5.86. The third-order valence-corrected chi connectivity index (χ3v) is 5.09. The average Bonchev–Trinajstić information content (AvgIpc) is 2.79. The lowest BCUT2D eigenvalue weighted by atomic mass is 10.1. The Morgan fingerprint density at radius 1 is 0.968 bits per heavy atom. The highest BCUT2D eigenvalue weighted by atomic mass is 19.1. The van der Waals surface area contributed by atoms with Gasteiger partial charge >= 0.3 is 0 Å². The number of hydrogen-bond donors (Lipinski definition) is 1. The maximum Gasteiger partial charge on any atom is 0.286 e. The number of pyridine rings is 1. The van der Waals surface area contributed by atoms with Crippen LogP contribution in [0.3, 0.4) is 0 Å². The van der Waals surface area contributed by atoms with E-state index in [1.807, 2.05) is 12.1 Å². The van der Waals surface area contributed by atoms with Crippen LogP contribution in [0.5, 0.6) is 5.75 Å². The van der Waals surface area contributed by atoms with E-state index in [0.717, 1.165) is 30.5 Å². The Hall–Kier alpha value is -3.12. The van der Waals surface area contributed by atoms with Gasteiger partial charge in [-0.15, -0.1) is 0 Å². The van der Waals surface area contributed by atoms with Gasteiger partial charge < -0.3 is 14.9 Å². The molecule has 0 aliphatic heterocycles.